The molecule has 136 valence electrons. The number of aliphatic imine (C=N–C) groups is 1. The highest BCUT2D eigenvalue weighted by Crippen LogP contribution is 2.28. The van der Waals surface area contributed by atoms with Gasteiger partial charge in [-0.3, -0.25) is 9.79 Å². The highest BCUT2D eigenvalue weighted by Gasteiger charge is 2.20. The minimum atomic E-state index is -0.428. The van der Waals surface area contributed by atoms with Crippen LogP contribution >= 0.6 is 23.1 Å². The van der Waals surface area contributed by atoms with Crippen LogP contribution in [0.1, 0.15) is 48.3 Å². The van der Waals surface area contributed by atoms with Gasteiger partial charge < -0.3 is 15.5 Å². The standard InChI is InChI=1S/C16H22N4O3S2/c1-5-8(3)18-16(17)24-7-10-19-13(21)11-9(4)12(15(22)23-6-2)25-14(11)20-10/h8H,5-7H2,1-4H3,(H2,17,18)(H,19,20,21)/t8-/m1/s1. The Morgan fingerprint density at radius 3 is 2.84 bits per heavy atom. The lowest BCUT2D eigenvalue weighted by Gasteiger charge is -2.05. The van der Waals surface area contributed by atoms with Crippen LogP contribution < -0.4 is 11.3 Å². The van der Waals surface area contributed by atoms with Gasteiger partial charge in [0.15, 0.2) is 5.17 Å². The second-order valence-electron chi connectivity index (χ2n) is 5.48. The zero-order valence-corrected chi connectivity index (χ0v) is 16.3. The highest BCUT2D eigenvalue weighted by atomic mass is 32.2. The Labute approximate surface area is 154 Å². The number of H-pyrrole nitrogens is 1. The van der Waals surface area contributed by atoms with E-state index in [1.807, 2.05) is 13.8 Å². The maximum absolute atomic E-state index is 12.4. The summed E-state index contributed by atoms with van der Waals surface area (Å²) in [6, 6.07) is 0.161. The average molecular weight is 383 g/mol. The number of carbonyl (C=O) groups is 1. The van der Waals surface area contributed by atoms with Gasteiger partial charge in [0.1, 0.15) is 15.5 Å². The topological polar surface area (TPSA) is 110 Å². The van der Waals surface area contributed by atoms with Crippen molar-refractivity contribution in [3.63, 3.8) is 0 Å². The summed E-state index contributed by atoms with van der Waals surface area (Å²) in [5, 5.41) is 0.898. The van der Waals surface area contributed by atoms with Crippen LogP contribution in [0.2, 0.25) is 0 Å². The van der Waals surface area contributed by atoms with E-state index in [0.717, 1.165) is 6.42 Å². The maximum Gasteiger partial charge on any atom is 0.348 e. The fourth-order valence-corrected chi connectivity index (χ4v) is 3.91. The molecule has 0 aromatic carbocycles. The summed E-state index contributed by atoms with van der Waals surface area (Å²) >= 11 is 2.50. The third-order valence-electron chi connectivity index (χ3n) is 3.61. The molecule has 0 spiro atoms. The normalized spacial score (nSPS) is 13.2. The van der Waals surface area contributed by atoms with Gasteiger partial charge in [0.05, 0.1) is 17.7 Å². The third-order valence-corrected chi connectivity index (χ3v) is 5.59. The van der Waals surface area contributed by atoms with Crippen molar-refractivity contribution in [2.45, 2.75) is 45.9 Å². The van der Waals surface area contributed by atoms with Crippen LogP contribution in [-0.4, -0.2) is 33.8 Å². The molecule has 9 heteroatoms. The van der Waals surface area contributed by atoms with Gasteiger partial charge in [-0.15, -0.1) is 11.3 Å². The fourth-order valence-electron chi connectivity index (χ4n) is 2.14. The van der Waals surface area contributed by atoms with Gasteiger partial charge in [0, 0.05) is 6.04 Å². The van der Waals surface area contributed by atoms with Crippen molar-refractivity contribution in [2.75, 3.05) is 6.61 Å². The van der Waals surface area contributed by atoms with Gasteiger partial charge in [-0.05, 0) is 32.8 Å². The smallest absolute Gasteiger partial charge is 0.348 e. The van der Waals surface area contributed by atoms with Crippen molar-refractivity contribution in [2.24, 2.45) is 10.7 Å². The van der Waals surface area contributed by atoms with Gasteiger partial charge in [-0.25, -0.2) is 9.78 Å². The highest BCUT2D eigenvalue weighted by molar-refractivity contribution is 8.13. The van der Waals surface area contributed by atoms with E-state index in [2.05, 4.69) is 15.0 Å². The van der Waals surface area contributed by atoms with Crippen molar-refractivity contribution in [1.82, 2.24) is 9.97 Å². The summed E-state index contributed by atoms with van der Waals surface area (Å²) in [5.41, 5.74) is 6.22. The number of rotatable bonds is 6. The van der Waals surface area contributed by atoms with E-state index in [4.69, 9.17) is 10.5 Å². The van der Waals surface area contributed by atoms with E-state index in [-0.39, 0.29) is 18.2 Å². The Morgan fingerprint density at radius 2 is 2.20 bits per heavy atom. The van der Waals surface area contributed by atoms with E-state index in [9.17, 15) is 9.59 Å². The minimum absolute atomic E-state index is 0.161. The van der Waals surface area contributed by atoms with Crippen LogP contribution in [0.3, 0.4) is 0 Å². The number of hydrogen-bond acceptors (Lipinski definition) is 7. The maximum atomic E-state index is 12.4. The molecule has 0 bridgehead atoms. The summed E-state index contributed by atoms with van der Waals surface area (Å²) in [7, 11) is 0. The number of carbonyl (C=O) groups excluding carboxylic acids is 1. The van der Waals surface area contributed by atoms with E-state index in [1.165, 1.54) is 23.1 Å². The number of nitrogens with two attached hydrogens (primary N) is 1. The predicted octanol–water partition coefficient (Wildman–Crippen LogP) is 2.82. The molecule has 0 saturated carbocycles. The van der Waals surface area contributed by atoms with Gasteiger partial charge in [0.2, 0.25) is 0 Å². The van der Waals surface area contributed by atoms with Crippen molar-refractivity contribution in [3.05, 3.63) is 26.6 Å². The zero-order chi connectivity index (χ0) is 18.6. The average Bonchev–Trinajstić information content (AvgIpc) is 2.90. The molecule has 0 fully saturated rings. The molecule has 7 nitrogen and oxygen atoms in total. The largest absolute Gasteiger partial charge is 0.462 e. The van der Waals surface area contributed by atoms with Gasteiger partial charge in [-0.1, -0.05) is 18.7 Å². The summed E-state index contributed by atoms with van der Waals surface area (Å²) in [5.74, 6) is 0.479. The number of nitrogens with one attached hydrogen (secondary N) is 1. The molecule has 3 N–H and O–H groups in total. The van der Waals surface area contributed by atoms with Crippen LogP contribution in [0.25, 0.3) is 10.2 Å². The number of thiophene rings is 1. The fraction of sp³-hybridized carbons (Fsp3) is 0.500. The molecule has 2 heterocycles. The molecule has 0 radical (unpaired) electrons. The quantitative estimate of drug-likeness (QED) is 0.451. The van der Waals surface area contributed by atoms with E-state index in [1.54, 1.807) is 13.8 Å². The molecule has 0 amide bonds. The van der Waals surface area contributed by atoms with E-state index >= 15 is 0 Å². The lowest BCUT2D eigenvalue weighted by atomic mass is 10.2. The summed E-state index contributed by atoms with van der Waals surface area (Å²) < 4.78 is 5.03. The Bertz CT molecular complexity index is 857. The minimum Gasteiger partial charge on any atom is -0.462 e. The molecule has 0 aliphatic carbocycles. The number of fused-ring (bicyclic) bond motifs is 1. The van der Waals surface area contributed by atoms with Crippen LogP contribution in [0.4, 0.5) is 0 Å². The monoisotopic (exact) mass is 382 g/mol. The first-order valence-corrected chi connectivity index (χ1v) is 9.83. The Morgan fingerprint density at radius 1 is 1.48 bits per heavy atom. The number of amidine groups is 1. The Balaban J connectivity index is 2.28. The molecule has 2 rings (SSSR count). The summed E-state index contributed by atoms with van der Waals surface area (Å²) in [6.07, 6.45) is 0.910. The van der Waals surface area contributed by atoms with Crippen molar-refractivity contribution >= 4 is 44.5 Å². The molecule has 2 aromatic heterocycles. The molecule has 0 saturated heterocycles. The lowest BCUT2D eigenvalue weighted by Crippen LogP contribution is -2.14. The van der Waals surface area contributed by atoms with Crippen molar-refractivity contribution in [1.29, 1.82) is 0 Å². The summed E-state index contributed by atoms with van der Waals surface area (Å²) in [6.45, 7) is 7.79. The van der Waals surface area contributed by atoms with E-state index in [0.29, 0.717) is 37.4 Å². The molecular formula is C16H22N4O3S2. The predicted molar refractivity (Wildman–Crippen MR) is 104 cm³/mol. The van der Waals surface area contributed by atoms with Gasteiger partial charge >= 0.3 is 5.97 Å². The van der Waals surface area contributed by atoms with Crippen molar-refractivity contribution in [3.8, 4) is 0 Å². The summed E-state index contributed by atoms with van der Waals surface area (Å²) in [4.78, 5) is 36.8. The lowest BCUT2D eigenvalue weighted by molar-refractivity contribution is 0.0531. The Hall–Kier alpha value is -1.87. The molecular weight excluding hydrogens is 360 g/mol. The number of esters is 1. The SMILES string of the molecule is CCOC(=O)c1sc2nc(CSC(N)=N[C@H](C)CC)[nH]c(=O)c2c1C. The van der Waals surface area contributed by atoms with Crippen LogP contribution in [0.15, 0.2) is 9.79 Å². The van der Waals surface area contributed by atoms with Crippen molar-refractivity contribution < 1.29 is 9.53 Å². The number of aromatic amines is 1. The zero-order valence-electron chi connectivity index (χ0n) is 14.7. The number of aromatic nitrogens is 2. The first-order valence-electron chi connectivity index (χ1n) is 8.02. The van der Waals surface area contributed by atoms with Gasteiger partial charge in [0.25, 0.3) is 5.56 Å². The molecule has 0 unspecified atom stereocenters. The van der Waals surface area contributed by atoms with Crippen LogP contribution in [-0.2, 0) is 10.5 Å². The molecule has 2 aromatic rings. The number of nitrogens with zero attached hydrogens (tertiary/aromatic N) is 2. The van der Waals surface area contributed by atoms with E-state index < -0.39 is 5.97 Å². The molecule has 0 aliphatic rings. The second-order valence-corrected chi connectivity index (χ2v) is 7.48. The molecule has 0 aliphatic heterocycles. The molecule has 1 atom stereocenters. The number of ether oxygens (including phenoxy) is 1. The number of aryl methyl sites for hydroxylation is 1. The first-order chi connectivity index (χ1) is 11.9. The van der Waals surface area contributed by atoms with Crippen LogP contribution in [0, 0.1) is 6.92 Å². The molecule has 25 heavy (non-hydrogen) atoms. The van der Waals surface area contributed by atoms with Crippen LogP contribution in [0.5, 0.6) is 0 Å². The number of hydrogen-bond donors (Lipinski definition) is 2. The number of thioether (sulfide) groups is 1. The first kappa shape index (κ1) is 19.5. The second kappa shape index (κ2) is 8.48. The Kier molecular flexibility index (Phi) is 6.60. The third kappa shape index (κ3) is 4.60. The van der Waals surface area contributed by atoms with Gasteiger partial charge in [-0.2, -0.15) is 0 Å².